The molecule has 7 nitrogen and oxygen atoms in total. The zero-order chi connectivity index (χ0) is 20.1. The highest BCUT2D eigenvalue weighted by Gasteiger charge is 2.11. The van der Waals surface area contributed by atoms with Gasteiger partial charge in [-0.2, -0.15) is 5.10 Å². The number of hydrogen-bond donors (Lipinski definition) is 2. The molecule has 0 aliphatic rings. The Hall–Kier alpha value is -2.93. The molecule has 2 N–H and O–H groups in total. The van der Waals surface area contributed by atoms with E-state index in [-0.39, 0.29) is 17.9 Å². The van der Waals surface area contributed by atoms with E-state index < -0.39 is 0 Å². The second-order valence-corrected chi connectivity index (χ2v) is 7.17. The molecule has 0 saturated carbocycles. The molecule has 0 unspecified atom stereocenters. The third-order valence-electron chi connectivity index (χ3n) is 4.18. The fourth-order valence-corrected chi connectivity index (χ4v) is 2.88. The summed E-state index contributed by atoms with van der Waals surface area (Å²) >= 11 is 5.82. The number of carbonyl (C=O) groups is 2. The summed E-state index contributed by atoms with van der Waals surface area (Å²) in [6.45, 7) is 4.45. The van der Waals surface area contributed by atoms with Gasteiger partial charge in [-0.15, -0.1) is 0 Å². The minimum Gasteiger partial charge on any atom is -0.352 e. The van der Waals surface area contributed by atoms with Gasteiger partial charge in [-0.1, -0.05) is 11.6 Å². The molecule has 3 aromatic rings. The second-order valence-electron chi connectivity index (χ2n) is 6.73. The van der Waals surface area contributed by atoms with Crippen LogP contribution in [0, 0.1) is 0 Å². The van der Waals surface area contributed by atoms with Crippen LogP contribution in [0.1, 0.15) is 43.1 Å². The number of pyridine rings is 1. The number of hydrogen-bond acceptors (Lipinski definition) is 4. The van der Waals surface area contributed by atoms with Crippen LogP contribution in [0.2, 0.25) is 5.02 Å². The lowest BCUT2D eigenvalue weighted by Crippen LogP contribution is -2.25. The van der Waals surface area contributed by atoms with Crippen molar-refractivity contribution in [2.45, 2.75) is 32.7 Å². The topological polar surface area (TPSA) is 88.9 Å². The fourth-order valence-electron chi connectivity index (χ4n) is 2.75. The molecule has 1 aromatic carbocycles. The molecule has 8 heteroatoms. The van der Waals surface area contributed by atoms with E-state index in [0.717, 1.165) is 11.0 Å². The van der Waals surface area contributed by atoms with Crippen LogP contribution < -0.4 is 10.6 Å². The number of rotatable bonds is 7. The second kappa shape index (κ2) is 8.84. The van der Waals surface area contributed by atoms with Gasteiger partial charge >= 0.3 is 0 Å². The SMILES string of the molecule is CC(C)n1ncc2cc(C(=O)NCCCC(=O)Nc3ccc(Cl)cc3)cnc21. The molecular formula is C20H22ClN5O2. The summed E-state index contributed by atoms with van der Waals surface area (Å²) in [5, 5.41) is 11.3. The largest absolute Gasteiger partial charge is 0.352 e. The zero-order valence-electron chi connectivity index (χ0n) is 15.8. The first-order chi connectivity index (χ1) is 13.4. The Kier molecular flexibility index (Phi) is 6.26. The van der Waals surface area contributed by atoms with E-state index >= 15 is 0 Å². The Balaban J connectivity index is 1.47. The van der Waals surface area contributed by atoms with E-state index in [0.29, 0.717) is 35.7 Å². The molecule has 146 valence electrons. The predicted octanol–water partition coefficient (Wildman–Crippen LogP) is 3.81. The van der Waals surface area contributed by atoms with Crippen molar-refractivity contribution in [2.75, 3.05) is 11.9 Å². The summed E-state index contributed by atoms with van der Waals surface area (Å²) < 4.78 is 1.82. The molecule has 3 rings (SSSR count). The van der Waals surface area contributed by atoms with E-state index in [1.54, 1.807) is 42.7 Å². The highest BCUT2D eigenvalue weighted by Crippen LogP contribution is 2.17. The van der Waals surface area contributed by atoms with Crippen molar-refractivity contribution in [3.05, 3.63) is 53.3 Å². The molecule has 0 radical (unpaired) electrons. The van der Waals surface area contributed by atoms with Crippen molar-refractivity contribution in [1.29, 1.82) is 0 Å². The van der Waals surface area contributed by atoms with Crippen molar-refractivity contribution in [3.63, 3.8) is 0 Å². The smallest absolute Gasteiger partial charge is 0.252 e. The van der Waals surface area contributed by atoms with Gasteiger partial charge in [0.2, 0.25) is 5.91 Å². The first kappa shape index (κ1) is 19.8. The Labute approximate surface area is 168 Å². The third kappa shape index (κ3) is 4.86. The maximum atomic E-state index is 12.3. The number of aromatic nitrogens is 3. The Bertz CT molecular complexity index is 982. The highest BCUT2D eigenvalue weighted by atomic mass is 35.5. The summed E-state index contributed by atoms with van der Waals surface area (Å²) in [5.41, 5.74) is 1.92. The van der Waals surface area contributed by atoms with Gasteiger partial charge in [0.25, 0.3) is 5.91 Å². The van der Waals surface area contributed by atoms with E-state index in [9.17, 15) is 9.59 Å². The molecule has 0 saturated heterocycles. The Morgan fingerprint density at radius 1 is 1.18 bits per heavy atom. The number of amides is 2. The van der Waals surface area contributed by atoms with Crippen LogP contribution in [-0.2, 0) is 4.79 Å². The summed E-state index contributed by atoms with van der Waals surface area (Å²) in [6, 6.07) is 8.89. The maximum Gasteiger partial charge on any atom is 0.252 e. The van der Waals surface area contributed by atoms with E-state index in [4.69, 9.17) is 11.6 Å². The van der Waals surface area contributed by atoms with Crippen molar-refractivity contribution < 1.29 is 9.59 Å². The summed E-state index contributed by atoms with van der Waals surface area (Å²) in [6.07, 6.45) is 4.10. The molecule has 2 aromatic heterocycles. The van der Waals surface area contributed by atoms with Crippen LogP contribution in [0.5, 0.6) is 0 Å². The lowest BCUT2D eigenvalue weighted by Gasteiger charge is -2.08. The van der Waals surface area contributed by atoms with Crippen molar-refractivity contribution >= 4 is 40.1 Å². The number of halogens is 1. The lowest BCUT2D eigenvalue weighted by molar-refractivity contribution is -0.116. The van der Waals surface area contributed by atoms with Gasteiger partial charge in [0.1, 0.15) is 0 Å². The number of benzene rings is 1. The average molecular weight is 400 g/mol. The van der Waals surface area contributed by atoms with Gasteiger partial charge in [-0.05, 0) is 50.6 Å². The number of nitrogens with zero attached hydrogens (tertiary/aromatic N) is 3. The molecule has 28 heavy (non-hydrogen) atoms. The number of anilines is 1. The van der Waals surface area contributed by atoms with Gasteiger partial charge < -0.3 is 10.6 Å². The number of carbonyl (C=O) groups excluding carboxylic acids is 2. The van der Waals surface area contributed by atoms with Crippen LogP contribution in [-0.4, -0.2) is 33.1 Å². The average Bonchev–Trinajstić information content (AvgIpc) is 3.10. The van der Waals surface area contributed by atoms with E-state index in [1.165, 1.54) is 0 Å². The van der Waals surface area contributed by atoms with Gasteiger partial charge in [-0.3, -0.25) is 9.59 Å². The molecule has 0 atom stereocenters. The standard InChI is InChI=1S/C20H22ClN5O2/c1-13(2)26-19-14(12-24-26)10-15(11-23-19)20(28)22-9-3-4-18(27)25-17-7-5-16(21)6-8-17/h5-8,10-13H,3-4,9H2,1-2H3,(H,22,28)(H,25,27). The van der Waals surface area contributed by atoms with Crippen molar-refractivity contribution in [1.82, 2.24) is 20.1 Å². The van der Waals surface area contributed by atoms with Gasteiger partial charge in [0.15, 0.2) is 5.65 Å². The summed E-state index contributed by atoms with van der Waals surface area (Å²) in [7, 11) is 0. The Morgan fingerprint density at radius 2 is 1.93 bits per heavy atom. The third-order valence-corrected chi connectivity index (χ3v) is 4.43. The number of fused-ring (bicyclic) bond motifs is 1. The molecule has 0 aliphatic heterocycles. The quantitative estimate of drug-likeness (QED) is 0.591. The minimum atomic E-state index is -0.218. The van der Waals surface area contributed by atoms with Crippen LogP contribution in [0.15, 0.2) is 42.7 Å². The summed E-state index contributed by atoms with van der Waals surface area (Å²) in [5.74, 6) is -0.328. The van der Waals surface area contributed by atoms with Gasteiger partial charge in [0, 0.05) is 41.3 Å². The molecule has 0 aliphatic carbocycles. The zero-order valence-corrected chi connectivity index (χ0v) is 16.5. The van der Waals surface area contributed by atoms with E-state index in [2.05, 4.69) is 20.7 Å². The minimum absolute atomic E-state index is 0.110. The first-order valence-electron chi connectivity index (χ1n) is 9.11. The van der Waals surface area contributed by atoms with Crippen LogP contribution >= 0.6 is 11.6 Å². The van der Waals surface area contributed by atoms with Crippen LogP contribution in [0.3, 0.4) is 0 Å². The van der Waals surface area contributed by atoms with Crippen molar-refractivity contribution in [2.24, 2.45) is 0 Å². The van der Waals surface area contributed by atoms with Crippen LogP contribution in [0.25, 0.3) is 11.0 Å². The molecule has 0 fully saturated rings. The van der Waals surface area contributed by atoms with Crippen molar-refractivity contribution in [3.8, 4) is 0 Å². The molecule has 0 bridgehead atoms. The van der Waals surface area contributed by atoms with Gasteiger partial charge in [0.05, 0.1) is 11.8 Å². The van der Waals surface area contributed by atoms with E-state index in [1.807, 2.05) is 18.5 Å². The predicted molar refractivity (Wildman–Crippen MR) is 110 cm³/mol. The number of nitrogens with one attached hydrogen (secondary N) is 2. The molecule has 0 spiro atoms. The highest BCUT2D eigenvalue weighted by molar-refractivity contribution is 6.30. The maximum absolute atomic E-state index is 12.3. The summed E-state index contributed by atoms with van der Waals surface area (Å²) in [4.78, 5) is 28.6. The monoisotopic (exact) mass is 399 g/mol. The lowest BCUT2D eigenvalue weighted by atomic mass is 10.2. The fraction of sp³-hybridized carbons (Fsp3) is 0.300. The molecule has 2 amide bonds. The molecule has 2 heterocycles. The van der Waals surface area contributed by atoms with Crippen LogP contribution in [0.4, 0.5) is 5.69 Å². The Morgan fingerprint density at radius 3 is 2.64 bits per heavy atom. The van der Waals surface area contributed by atoms with Gasteiger partial charge in [-0.25, -0.2) is 9.67 Å². The molecular weight excluding hydrogens is 378 g/mol. The normalized spacial score (nSPS) is 11.0. The first-order valence-corrected chi connectivity index (χ1v) is 9.48.